The Kier molecular flexibility index (Phi) is 5.93. The van der Waals surface area contributed by atoms with Crippen LogP contribution in [-0.2, 0) is 26.1 Å². The van der Waals surface area contributed by atoms with Gasteiger partial charge in [0.25, 0.3) is 0 Å². The number of fused-ring (bicyclic) bond motifs is 1. The molecular formula is C18H26N4O6S. The molecule has 3 aliphatic heterocycles. The first-order valence-corrected chi connectivity index (χ1v) is 11.2. The Balaban J connectivity index is 1.30. The number of nitrogens with zero attached hydrogens (tertiary/aromatic N) is 2. The van der Waals surface area contributed by atoms with Crippen molar-refractivity contribution in [2.75, 3.05) is 39.6 Å². The summed E-state index contributed by atoms with van der Waals surface area (Å²) in [5, 5.41) is -0.836. The van der Waals surface area contributed by atoms with E-state index in [9.17, 15) is 13.2 Å². The van der Waals surface area contributed by atoms with Gasteiger partial charge in [-0.2, -0.15) is 4.31 Å². The molecule has 1 aromatic carbocycles. The van der Waals surface area contributed by atoms with Crippen LogP contribution in [0, 0.1) is 0 Å². The molecule has 0 amide bonds. The molecular weight excluding hydrogens is 400 g/mol. The van der Waals surface area contributed by atoms with Crippen molar-refractivity contribution in [1.29, 1.82) is 0 Å². The van der Waals surface area contributed by atoms with Gasteiger partial charge in [-0.25, -0.2) is 19.3 Å². The molecule has 2 fully saturated rings. The zero-order chi connectivity index (χ0) is 20.4. The molecule has 3 heterocycles. The Morgan fingerprint density at radius 3 is 2.69 bits per heavy atom. The SMILES string of the molecule is CCOC(=O)C1CC(S(=O)(=O)N2CCN(Cc3ccc4c(c3)OCO4)CC2)NN1. The van der Waals surface area contributed by atoms with Gasteiger partial charge in [0.15, 0.2) is 11.5 Å². The number of sulfonamides is 1. The van der Waals surface area contributed by atoms with Gasteiger partial charge in [0, 0.05) is 39.1 Å². The fraction of sp³-hybridized carbons (Fsp3) is 0.611. The van der Waals surface area contributed by atoms with Gasteiger partial charge in [-0.15, -0.1) is 0 Å². The van der Waals surface area contributed by atoms with Gasteiger partial charge < -0.3 is 14.2 Å². The van der Waals surface area contributed by atoms with Gasteiger partial charge in [0.05, 0.1) is 6.61 Å². The first-order chi connectivity index (χ1) is 14.0. The highest BCUT2D eigenvalue weighted by Gasteiger charge is 2.41. The fourth-order valence-electron chi connectivity index (χ4n) is 3.74. The number of nitrogens with one attached hydrogen (secondary N) is 2. The molecule has 2 atom stereocenters. The van der Waals surface area contributed by atoms with Crippen LogP contribution in [0.5, 0.6) is 11.5 Å². The molecule has 2 saturated heterocycles. The number of ether oxygens (including phenoxy) is 3. The lowest BCUT2D eigenvalue weighted by Gasteiger charge is -2.35. The van der Waals surface area contributed by atoms with Crippen LogP contribution in [0.4, 0.5) is 0 Å². The van der Waals surface area contributed by atoms with Crippen LogP contribution in [0.15, 0.2) is 18.2 Å². The number of hydrazine groups is 1. The Morgan fingerprint density at radius 1 is 1.17 bits per heavy atom. The minimum Gasteiger partial charge on any atom is -0.465 e. The molecule has 11 heteroatoms. The lowest BCUT2D eigenvalue weighted by atomic mass is 10.2. The number of hydrogen-bond acceptors (Lipinski definition) is 9. The van der Waals surface area contributed by atoms with E-state index < -0.39 is 27.4 Å². The summed E-state index contributed by atoms with van der Waals surface area (Å²) >= 11 is 0. The Bertz CT molecular complexity index is 856. The van der Waals surface area contributed by atoms with Gasteiger partial charge in [-0.1, -0.05) is 6.07 Å². The largest absolute Gasteiger partial charge is 0.465 e. The van der Waals surface area contributed by atoms with Crippen LogP contribution in [0.25, 0.3) is 0 Å². The molecule has 0 spiro atoms. The van der Waals surface area contributed by atoms with Crippen molar-refractivity contribution in [2.24, 2.45) is 0 Å². The molecule has 2 unspecified atom stereocenters. The highest BCUT2D eigenvalue weighted by molar-refractivity contribution is 7.89. The zero-order valence-corrected chi connectivity index (χ0v) is 17.1. The molecule has 0 aromatic heterocycles. The third-order valence-electron chi connectivity index (χ3n) is 5.33. The lowest BCUT2D eigenvalue weighted by Crippen LogP contribution is -2.53. The van der Waals surface area contributed by atoms with Gasteiger partial charge >= 0.3 is 5.97 Å². The van der Waals surface area contributed by atoms with Crippen LogP contribution in [0.1, 0.15) is 18.9 Å². The van der Waals surface area contributed by atoms with E-state index in [1.54, 1.807) is 6.92 Å². The average molecular weight is 426 g/mol. The Hall–Kier alpha value is -1.92. The lowest BCUT2D eigenvalue weighted by molar-refractivity contribution is -0.145. The number of carbonyl (C=O) groups is 1. The normalized spacial score (nSPS) is 25.3. The number of benzene rings is 1. The number of esters is 1. The monoisotopic (exact) mass is 426 g/mol. The van der Waals surface area contributed by atoms with Crippen LogP contribution < -0.4 is 20.3 Å². The second-order valence-corrected chi connectivity index (χ2v) is 9.34. The Labute approximate surface area is 170 Å². The van der Waals surface area contributed by atoms with Gasteiger partial charge in [0.1, 0.15) is 11.4 Å². The summed E-state index contributed by atoms with van der Waals surface area (Å²) in [5.41, 5.74) is 6.58. The molecule has 10 nitrogen and oxygen atoms in total. The van der Waals surface area contributed by atoms with Crippen molar-refractivity contribution in [2.45, 2.75) is 31.3 Å². The molecule has 0 radical (unpaired) electrons. The zero-order valence-electron chi connectivity index (χ0n) is 16.3. The maximum absolute atomic E-state index is 12.9. The average Bonchev–Trinajstić information content (AvgIpc) is 3.38. The first-order valence-electron chi connectivity index (χ1n) is 9.75. The molecule has 0 saturated carbocycles. The van der Waals surface area contributed by atoms with E-state index in [1.165, 1.54) is 4.31 Å². The summed E-state index contributed by atoms with van der Waals surface area (Å²) < 4.78 is 43.1. The minimum absolute atomic E-state index is 0.151. The van der Waals surface area contributed by atoms with Crippen molar-refractivity contribution < 1.29 is 27.4 Å². The third kappa shape index (κ3) is 4.33. The summed E-state index contributed by atoms with van der Waals surface area (Å²) in [6, 6.07) is 5.22. The second kappa shape index (κ2) is 8.44. The third-order valence-corrected chi connectivity index (χ3v) is 7.45. The number of hydrogen-bond donors (Lipinski definition) is 2. The predicted molar refractivity (Wildman–Crippen MR) is 103 cm³/mol. The molecule has 4 rings (SSSR count). The number of rotatable bonds is 6. The van der Waals surface area contributed by atoms with E-state index in [4.69, 9.17) is 14.2 Å². The quantitative estimate of drug-likeness (QED) is 0.588. The maximum Gasteiger partial charge on any atom is 0.324 e. The molecule has 0 aliphatic carbocycles. The topological polar surface area (TPSA) is 109 Å². The van der Waals surface area contributed by atoms with Crippen LogP contribution in [0.3, 0.4) is 0 Å². The second-order valence-electron chi connectivity index (χ2n) is 7.23. The standard InChI is InChI=1S/C18H26N4O6S/c1-2-26-18(23)14-10-17(20-19-14)29(24,25)22-7-5-21(6-8-22)11-13-3-4-15-16(9-13)28-12-27-15/h3-4,9,14,17,19-20H,2,5-8,10-12H2,1H3. The molecule has 160 valence electrons. The summed E-state index contributed by atoms with van der Waals surface area (Å²) in [6.45, 7) is 5.04. The van der Waals surface area contributed by atoms with Gasteiger partial charge in [-0.05, 0) is 24.6 Å². The first kappa shape index (κ1) is 20.4. The molecule has 3 aliphatic rings. The van der Waals surface area contributed by atoms with Crippen molar-refractivity contribution in [3.05, 3.63) is 23.8 Å². The summed E-state index contributed by atoms with van der Waals surface area (Å²) in [6.07, 6.45) is 0.151. The van der Waals surface area contributed by atoms with Crippen molar-refractivity contribution >= 4 is 16.0 Å². The molecule has 29 heavy (non-hydrogen) atoms. The summed E-state index contributed by atoms with van der Waals surface area (Å²) in [7, 11) is -3.56. The molecule has 0 bridgehead atoms. The van der Waals surface area contributed by atoms with Crippen LogP contribution >= 0.6 is 0 Å². The minimum atomic E-state index is -3.56. The summed E-state index contributed by atoms with van der Waals surface area (Å²) in [4.78, 5) is 14.0. The molecule has 1 aromatic rings. The van der Waals surface area contributed by atoms with E-state index >= 15 is 0 Å². The highest BCUT2D eigenvalue weighted by atomic mass is 32.2. The van der Waals surface area contributed by atoms with E-state index in [-0.39, 0.29) is 19.8 Å². The van der Waals surface area contributed by atoms with Crippen molar-refractivity contribution in [3.8, 4) is 11.5 Å². The van der Waals surface area contributed by atoms with Gasteiger partial charge in [0.2, 0.25) is 16.8 Å². The van der Waals surface area contributed by atoms with Crippen molar-refractivity contribution in [3.63, 3.8) is 0 Å². The van der Waals surface area contributed by atoms with E-state index in [0.717, 1.165) is 23.6 Å². The van der Waals surface area contributed by atoms with Gasteiger partial charge in [-0.3, -0.25) is 9.69 Å². The molecule has 2 N–H and O–H groups in total. The van der Waals surface area contributed by atoms with E-state index in [1.807, 2.05) is 18.2 Å². The highest BCUT2D eigenvalue weighted by Crippen LogP contribution is 2.33. The smallest absolute Gasteiger partial charge is 0.324 e. The summed E-state index contributed by atoms with van der Waals surface area (Å²) in [5.74, 6) is 1.06. The number of piperazine rings is 1. The van der Waals surface area contributed by atoms with Crippen LogP contribution in [-0.4, -0.2) is 74.6 Å². The van der Waals surface area contributed by atoms with E-state index in [0.29, 0.717) is 26.2 Å². The predicted octanol–water partition coefficient (Wildman–Crippen LogP) is -0.382. The van der Waals surface area contributed by atoms with Crippen LogP contribution in [0.2, 0.25) is 0 Å². The fourth-order valence-corrected chi connectivity index (χ4v) is 5.42. The van der Waals surface area contributed by atoms with Crippen molar-refractivity contribution in [1.82, 2.24) is 20.1 Å². The van der Waals surface area contributed by atoms with E-state index in [2.05, 4.69) is 15.8 Å². The maximum atomic E-state index is 12.9. The number of carbonyl (C=O) groups excluding carboxylic acids is 1. The Morgan fingerprint density at radius 2 is 1.93 bits per heavy atom.